The second-order valence-electron chi connectivity index (χ2n) is 6.82. The minimum absolute atomic E-state index is 0.149. The van der Waals surface area contributed by atoms with Gasteiger partial charge in [0, 0.05) is 11.3 Å². The van der Waals surface area contributed by atoms with Crippen LogP contribution < -0.4 is 25.4 Å². The van der Waals surface area contributed by atoms with E-state index in [-0.39, 0.29) is 5.95 Å². The van der Waals surface area contributed by atoms with Gasteiger partial charge in [0.15, 0.2) is 23.1 Å². The molecule has 31 heavy (non-hydrogen) atoms. The van der Waals surface area contributed by atoms with E-state index in [9.17, 15) is 0 Å². The number of nitrogens with zero attached hydrogens (tertiary/aromatic N) is 3. The predicted molar refractivity (Wildman–Crippen MR) is 115 cm³/mol. The van der Waals surface area contributed by atoms with E-state index in [1.807, 2.05) is 48.5 Å². The summed E-state index contributed by atoms with van der Waals surface area (Å²) in [5.74, 6) is 2.57. The van der Waals surface area contributed by atoms with Crippen LogP contribution in [0, 0.1) is 0 Å². The third kappa shape index (κ3) is 3.40. The number of methoxy groups -OCH3 is 2. The number of anilines is 3. The number of benzene rings is 2. The van der Waals surface area contributed by atoms with Crippen LogP contribution in [-0.2, 0) is 11.5 Å². The smallest absolute Gasteiger partial charge is 0.222 e. The summed E-state index contributed by atoms with van der Waals surface area (Å²) in [5.41, 5.74) is 10.4. The number of ether oxygens (including phenoxy) is 2. The van der Waals surface area contributed by atoms with Crippen LogP contribution in [0.25, 0.3) is 22.3 Å². The summed E-state index contributed by atoms with van der Waals surface area (Å²) in [6.07, 6.45) is 0. The van der Waals surface area contributed by atoms with Gasteiger partial charge < -0.3 is 25.4 Å². The molecule has 5 rings (SSSR count). The van der Waals surface area contributed by atoms with Crippen LogP contribution in [0.4, 0.5) is 17.5 Å². The number of hydrogen-bond donors (Lipinski definition) is 2. The number of hydrogen-bond acceptors (Lipinski definition) is 9. The van der Waals surface area contributed by atoms with Gasteiger partial charge in [0.05, 0.1) is 31.0 Å². The average Bonchev–Trinajstić information content (AvgIpc) is 3.28. The number of pyridine rings is 1. The molecule has 3 heterocycles. The zero-order valence-corrected chi connectivity index (χ0v) is 16.9. The van der Waals surface area contributed by atoms with Crippen molar-refractivity contribution in [2.45, 2.75) is 6.61 Å². The van der Waals surface area contributed by atoms with Gasteiger partial charge in [-0.05, 0) is 42.5 Å². The van der Waals surface area contributed by atoms with Crippen molar-refractivity contribution in [2.24, 2.45) is 0 Å². The number of nitrogen functional groups attached to an aromatic ring is 1. The van der Waals surface area contributed by atoms with Crippen molar-refractivity contribution < 1.29 is 19.2 Å². The summed E-state index contributed by atoms with van der Waals surface area (Å²) in [6, 6.07) is 15.0. The quantitative estimate of drug-likeness (QED) is 0.467. The van der Waals surface area contributed by atoms with Crippen molar-refractivity contribution in [1.29, 1.82) is 0 Å². The Labute approximate surface area is 177 Å². The zero-order chi connectivity index (χ0) is 21.4. The molecule has 0 saturated carbocycles. The fourth-order valence-electron chi connectivity index (χ4n) is 3.46. The van der Waals surface area contributed by atoms with E-state index >= 15 is 0 Å². The molecule has 1 aliphatic rings. The first-order chi connectivity index (χ1) is 15.2. The number of nitrogens with two attached hydrogens (primary N) is 1. The second-order valence-corrected chi connectivity index (χ2v) is 6.82. The Balaban J connectivity index is 1.61. The molecule has 3 N–H and O–H groups in total. The van der Waals surface area contributed by atoms with E-state index in [0.29, 0.717) is 40.7 Å². The molecular weight excluding hydrogens is 398 g/mol. The number of fused-ring (bicyclic) bond motifs is 2. The average molecular weight is 417 g/mol. The highest BCUT2D eigenvalue weighted by molar-refractivity contribution is 5.90. The summed E-state index contributed by atoms with van der Waals surface area (Å²) in [5, 5.41) is 3.31. The lowest BCUT2D eigenvalue weighted by atomic mass is 10.1. The molecule has 0 spiro atoms. The van der Waals surface area contributed by atoms with Crippen LogP contribution in [0.15, 0.2) is 48.5 Å². The van der Waals surface area contributed by atoms with Gasteiger partial charge in [-0.3, -0.25) is 0 Å². The third-order valence-corrected chi connectivity index (χ3v) is 4.98. The summed E-state index contributed by atoms with van der Waals surface area (Å²) in [6.45, 7) is 0.335. The molecule has 0 aliphatic carbocycles. The number of nitrogens with one attached hydrogen (secondary N) is 1. The highest BCUT2D eigenvalue weighted by Gasteiger charge is 2.19. The Hall–Kier alpha value is -4.11. The SMILES string of the molecule is COc1ccc(-c2ccc3nc(N)nc(Nc4cccc5c4COO5)c3n2)cc1OC. The highest BCUT2D eigenvalue weighted by atomic mass is 17.2. The van der Waals surface area contributed by atoms with Gasteiger partial charge in [0.2, 0.25) is 5.95 Å². The topological polar surface area (TPSA) is 114 Å². The lowest BCUT2D eigenvalue weighted by Gasteiger charge is -2.12. The molecule has 0 fully saturated rings. The molecule has 0 bridgehead atoms. The van der Waals surface area contributed by atoms with E-state index in [0.717, 1.165) is 22.5 Å². The molecule has 1 aliphatic heterocycles. The normalized spacial score (nSPS) is 12.3. The van der Waals surface area contributed by atoms with Crippen LogP contribution in [0.5, 0.6) is 17.2 Å². The van der Waals surface area contributed by atoms with E-state index in [2.05, 4.69) is 15.3 Å². The fraction of sp³-hybridized carbons (Fsp3) is 0.136. The maximum absolute atomic E-state index is 5.94. The molecule has 2 aromatic carbocycles. The number of aromatic nitrogens is 3. The van der Waals surface area contributed by atoms with Gasteiger partial charge in [0.1, 0.15) is 12.1 Å². The third-order valence-electron chi connectivity index (χ3n) is 4.98. The van der Waals surface area contributed by atoms with Crippen molar-refractivity contribution in [3.63, 3.8) is 0 Å². The minimum atomic E-state index is 0.149. The molecule has 0 unspecified atom stereocenters. The van der Waals surface area contributed by atoms with Crippen LogP contribution in [0.2, 0.25) is 0 Å². The maximum Gasteiger partial charge on any atom is 0.222 e. The Kier molecular flexibility index (Phi) is 4.64. The van der Waals surface area contributed by atoms with E-state index < -0.39 is 0 Å². The Morgan fingerprint density at radius 3 is 2.68 bits per heavy atom. The van der Waals surface area contributed by atoms with Crippen LogP contribution >= 0.6 is 0 Å². The molecule has 0 saturated heterocycles. The van der Waals surface area contributed by atoms with Crippen molar-refractivity contribution in [3.05, 3.63) is 54.1 Å². The lowest BCUT2D eigenvalue weighted by Crippen LogP contribution is -2.04. The van der Waals surface area contributed by atoms with Crippen molar-refractivity contribution >= 4 is 28.5 Å². The van der Waals surface area contributed by atoms with Crippen LogP contribution in [0.3, 0.4) is 0 Å². The molecule has 156 valence electrons. The van der Waals surface area contributed by atoms with Crippen LogP contribution in [0.1, 0.15) is 5.56 Å². The second kappa shape index (κ2) is 7.62. The molecule has 0 radical (unpaired) electrons. The van der Waals surface area contributed by atoms with E-state index in [1.54, 1.807) is 14.2 Å². The summed E-state index contributed by atoms with van der Waals surface area (Å²) >= 11 is 0. The van der Waals surface area contributed by atoms with Gasteiger partial charge >= 0.3 is 0 Å². The van der Waals surface area contributed by atoms with Gasteiger partial charge in [-0.25, -0.2) is 9.97 Å². The monoisotopic (exact) mass is 417 g/mol. The molecule has 0 atom stereocenters. The predicted octanol–water partition coefficient (Wildman–Crippen LogP) is 3.86. The zero-order valence-electron chi connectivity index (χ0n) is 16.9. The van der Waals surface area contributed by atoms with E-state index in [1.165, 1.54) is 0 Å². The first-order valence-electron chi connectivity index (χ1n) is 9.51. The standard InChI is InChI=1S/C22H19N5O4/c1-28-18-9-6-12(10-19(18)29-2)14-7-8-16-20(24-14)21(27-22(23)26-16)25-15-4-3-5-17-13(15)11-30-31-17/h3-10H,11H2,1-2H3,(H3,23,25,26,27). The van der Waals surface area contributed by atoms with Gasteiger partial charge in [-0.2, -0.15) is 9.87 Å². The molecular formula is C22H19N5O4. The Morgan fingerprint density at radius 2 is 1.84 bits per heavy atom. The largest absolute Gasteiger partial charge is 0.493 e. The van der Waals surface area contributed by atoms with Crippen molar-refractivity contribution in [3.8, 4) is 28.5 Å². The Morgan fingerprint density at radius 1 is 0.968 bits per heavy atom. The first kappa shape index (κ1) is 18.9. The summed E-state index contributed by atoms with van der Waals surface area (Å²) < 4.78 is 10.7. The number of rotatable bonds is 5. The minimum Gasteiger partial charge on any atom is -0.493 e. The summed E-state index contributed by atoms with van der Waals surface area (Å²) in [7, 11) is 3.20. The van der Waals surface area contributed by atoms with Crippen LogP contribution in [-0.4, -0.2) is 29.2 Å². The first-order valence-corrected chi connectivity index (χ1v) is 9.51. The maximum atomic E-state index is 5.94. The highest BCUT2D eigenvalue weighted by Crippen LogP contribution is 2.36. The molecule has 2 aromatic heterocycles. The van der Waals surface area contributed by atoms with Crippen molar-refractivity contribution in [2.75, 3.05) is 25.3 Å². The molecule has 9 heteroatoms. The molecule has 0 amide bonds. The van der Waals surface area contributed by atoms with Crippen molar-refractivity contribution in [1.82, 2.24) is 15.0 Å². The van der Waals surface area contributed by atoms with Gasteiger partial charge in [-0.15, -0.1) is 0 Å². The molecule has 9 nitrogen and oxygen atoms in total. The van der Waals surface area contributed by atoms with Gasteiger partial charge in [-0.1, -0.05) is 6.07 Å². The summed E-state index contributed by atoms with van der Waals surface area (Å²) in [4.78, 5) is 23.8. The fourth-order valence-corrected chi connectivity index (χ4v) is 3.46. The molecule has 4 aromatic rings. The lowest BCUT2D eigenvalue weighted by molar-refractivity contribution is -0.194. The van der Waals surface area contributed by atoms with E-state index in [4.69, 9.17) is 30.0 Å². The Bertz CT molecular complexity index is 1290. The van der Waals surface area contributed by atoms with Gasteiger partial charge in [0.25, 0.3) is 0 Å².